The molecular formula is C21H17F3N4O2S. The average Bonchev–Trinajstić information content (AvgIpc) is 2.72. The Morgan fingerprint density at radius 3 is 2.48 bits per heavy atom. The van der Waals surface area contributed by atoms with Crippen LogP contribution in [0.1, 0.15) is 29.7 Å². The fourth-order valence-electron chi connectivity index (χ4n) is 3.36. The van der Waals surface area contributed by atoms with Gasteiger partial charge in [-0.1, -0.05) is 19.1 Å². The minimum Gasteiger partial charge on any atom is -0.324 e. The normalized spacial score (nSPS) is 16.8. The molecule has 0 fully saturated rings. The number of aliphatic imine (C=N–C) groups is 1. The van der Waals surface area contributed by atoms with E-state index in [4.69, 9.17) is 0 Å². The Morgan fingerprint density at radius 2 is 1.77 bits per heavy atom. The van der Waals surface area contributed by atoms with Crippen molar-refractivity contribution in [3.63, 3.8) is 0 Å². The van der Waals surface area contributed by atoms with Gasteiger partial charge in [-0.25, -0.2) is 31.3 Å². The molecule has 1 unspecified atom stereocenters. The predicted molar refractivity (Wildman–Crippen MR) is 110 cm³/mol. The number of fused-ring (bicyclic) bond motifs is 1. The highest BCUT2D eigenvalue weighted by Crippen LogP contribution is 2.38. The van der Waals surface area contributed by atoms with Gasteiger partial charge >= 0.3 is 0 Å². The van der Waals surface area contributed by atoms with Crippen LogP contribution >= 0.6 is 0 Å². The fourth-order valence-corrected chi connectivity index (χ4v) is 4.51. The summed E-state index contributed by atoms with van der Waals surface area (Å²) in [6, 6.07) is 10.4. The van der Waals surface area contributed by atoms with Gasteiger partial charge in [0, 0.05) is 17.7 Å². The highest BCUT2D eigenvalue weighted by molar-refractivity contribution is 7.90. The number of rotatable bonds is 4. The highest BCUT2D eigenvalue weighted by atomic mass is 32.2. The molecule has 3 aromatic rings. The molecule has 1 aliphatic heterocycles. The van der Waals surface area contributed by atoms with Crippen molar-refractivity contribution in [2.75, 3.05) is 5.32 Å². The largest absolute Gasteiger partial charge is 0.324 e. The number of nitrogens with zero attached hydrogens (tertiary/aromatic N) is 2. The van der Waals surface area contributed by atoms with Crippen molar-refractivity contribution in [3.05, 3.63) is 89.0 Å². The second-order valence-corrected chi connectivity index (χ2v) is 8.59. The van der Waals surface area contributed by atoms with Crippen molar-refractivity contribution in [2.45, 2.75) is 24.3 Å². The molecule has 0 saturated carbocycles. The maximum absolute atomic E-state index is 14.8. The van der Waals surface area contributed by atoms with Crippen LogP contribution in [0.25, 0.3) is 0 Å². The van der Waals surface area contributed by atoms with E-state index in [9.17, 15) is 21.6 Å². The molecule has 1 atom stereocenters. The van der Waals surface area contributed by atoms with Crippen molar-refractivity contribution in [1.82, 2.24) is 9.71 Å². The van der Waals surface area contributed by atoms with E-state index in [-0.39, 0.29) is 34.3 Å². The number of anilines is 1. The first-order chi connectivity index (χ1) is 14.8. The first-order valence-corrected chi connectivity index (χ1v) is 10.8. The third kappa shape index (κ3) is 4.11. The summed E-state index contributed by atoms with van der Waals surface area (Å²) in [4.78, 5) is 7.78. The number of halogens is 3. The second-order valence-electron chi connectivity index (χ2n) is 6.93. The van der Waals surface area contributed by atoms with Gasteiger partial charge in [-0.3, -0.25) is 4.98 Å². The molecular weight excluding hydrogens is 429 g/mol. The first-order valence-electron chi connectivity index (χ1n) is 9.28. The van der Waals surface area contributed by atoms with E-state index in [2.05, 4.69) is 20.0 Å². The molecule has 1 aromatic heterocycles. The quantitative estimate of drug-likeness (QED) is 0.637. The third-order valence-corrected chi connectivity index (χ3v) is 6.32. The van der Waals surface area contributed by atoms with Crippen LogP contribution in [0.4, 0.5) is 18.9 Å². The van der Waals surface area contributed by atoms with E-state index < -0.39 is 33.4 Å². The average molecular weight is 446 g/mol. The van der Waals surface area contributed by atoms with Crippen molar-refractivity contribution in [2.24, 2.45) is 4.99 Å². The molecule has 0 amide bonds. The van der Waals surface area contributed by atoms with Crippen LogP contribution < -0.4 is 10.0 Å². The lowest BCUT2D eigenvalue weighted by atomic mass is 9.91. The summed E-state index contributed by atoms with van der Waals surface area (Å²) in [5.41, 5.74) is 0.739. The van der Waals surface area contributed by atoms with Gasteiger partial charge in [-0.15, -0.1) is 0 Å². The van der Waals surface area contributed by atoms with Gasteiger partial charge in [0.25, 0.3) is 10.0 Å². The molecule has 160 valence electrons. The Bertz CT molecular complexity index is 1280. The van der Waals surface area contributed by atoms with Crippen LogP contribution in [0.3, 0.4) is 0 Å². The molecule has 31 heavy (non-hydrogen) atoms. The monoisotopic (exact) mass is 446 g/mol. The fraction of sp³-hybridized carbons (Fsp3) is 0.143. The van der Waals surface area contributed by atoms with Crippen LogP contribution in [-0.2, 0) is 16.6 Å². The summed E-state index contributed by atoms with van der Waals surface area (Å²) in [7, 11) is -4.05. The SMILES string of the molecule is CC(c1ccc(F)cc1)c1c(F)ccc2c1NC(=NCc1ncccc1F)NS2(=O)=O. The molecule has 0 bridgehead atoms. The van der Waals surface area contributed by atoms with Crippen LogP contribution in [0.15, 0.2) is 64.6 Å². The van der Waals surface area contributed by atoms with Crippen molar-refractivity contribution >= 4 is 21.7 Å². The summed E-state index contributed by atoms with van der Waals surface area (Å²) < 4.78 is 69.7. The van der Waals surface area contributed by atoms with Gasteiger partial charge < -0.3 is 5.32 Å². The van der Waals surface area contributed by atoms with E-state index in [0.717, 1.165) is 12.1 Å². The summed E-state index contributed by atoms with van der Waals surface area (Å²) in [6.45, 7) is 1.45. The van der Waals surface area contributed by atoms with Crippen LogP contribution in [0.2, 0.25) is 0 Å². The smallest absolute Gasteiger partial charge is 0.266 e. The van der Waals surface area contributed by atoms with Crippen LogP contribution in [-0.4, -0.2) is 19.4 Å². The van der Waals surface area contributed by atoms with Crippen molar-refractivity contribution in [1.29, 1.82) is 0 Å². The van der Waals surface area contributed by atoms with Gasteiger partial charge in [-0.05, 0) is 42.0 Å². The molecule has 0 aliphatic carbocycles. The van der Waals surface area contributed by atoms with Crippen LogP contribution in [0.5, 0.6) is 0 Å². The maximum Gasteiger partial charge on any atom is 0.266 e. The molecule has 1 aliphatic rings. The van der Waals surface area contributed by atoms with Gasteiger partial charge in [0.1, 0.15) is 22.3 Å². The lowest BCUT2D eigenvalue weighted by Crippen LogP contribution is -2.41. The number of sulfonamides is 1. The number of nitrogens with one attached hydrogen (secondary N) is 2. The zero-order valence-electron chi connectivity index (χ0n) is 16.2. The Kier molecular flexibility index (Phi) is 5.40. The van der Waals surface area contributed by atoms with Crippen molar-refractivity contribution in [3.8, 4) is 0 Å². The Hall–Kier alpha value is -3.40. The Morgan fingerprint density at radius 1 is 1.03 bits per heavy atom. The molecule has 2 heterocycles. The van der Waals surface area contributed by atoms with Gasteiger partial charge in [0.2, 0.25) is 5.96 Å². The Labute approximate surface area is 176 Å². The molecule has 4 rings (SSSR count). The zero-order chi connectivity index (χ0) is 22.2. The lowest BCUT2D eigenvalue weighted by Gasteiger charge is -2.26. The minimum atomic E-state index is -4.05. The molecule has 2 aromatic carbocycles. The number of guanidine groups is 1. The van der Waals surface area contributed by atoms with Crippen LogP contribution in [0, 0.1) is 17.5 Å². The molecule has 0 spiro atoms. The van der Waals surface area contributed by atoms with Gasteiger partial charge in [-0.2, -0.15) is 0 Å². The molecule has 6 nitrogen and oxygen atoms in total. The van der Waals surface area contributed by atoms with Gasteiger partial charge in [0.15, 0.2) is 0 Å². The maximum atomic E-state index is 14.8. The third-order valence-electron chi connectivity index (χ3n) is 4.94. The zero-order valence-corrected chi connectivity index (χ0v) is 17.1. The lowest BCUT2D eigenvalue weighted by molar-refractivity contribution is 0.586. The summed E-state index contributed by atoms with van der Waals surface area (Å²) in [6.07, 6.45) is 1.39. The van der Waals surface area contributed by atoms with E-state index in [0.29, 0.717) is 5.56 Å². The second kappa shape index (κ2) is 8.03. The number of benzene rings is 2. The van der Waals surface area contributed by atoms with E-state index in [1.54, 1.807) is 6.92 Å². The number of pyridine rings is 1. The Balaban J connectivity index is 1.76. The number of hydrogen-bond acceptors (Lipinski definition) is 4. The predicted octanol–water partition coefficient (Wildman–Crippen LogP) is 3.91. The summed E-state index contributed by atoms with van der Waals surface area (Å²) in [5.74, 6) is -2.42. The summed E-state index contributed by atoms with van der Waals surface area (Å²) >= 11 is 0. The molecule has 10 heteroatoms. The van der Waals surface area contributed by atoms with E-state index in [1.165, 1.54) is 42.6 Å². The number of aromatic nitrogens is 1. The van der Waals surface area contributed by atoms with E-state index >= 15 is 0 Å². The van der Waals surface area contributed by atoms with Crippen molar-refractivity contribution < 1.29 is 21.6 Å². The number of hydrogen-bond donors (Lipinski definition) is 2. The topological polar surface area (TPSA) is 83.4 Å². The van der Waals surface area contributed by atoms with Gasteiger partial charge in [0.05, 0.1) is 17.9 Å². The first kappa shape index (κ1) is 20.9. The minimum absolute atomic E-state index is 0.0239. The standard InChI is InChI=1S/C21H17F3N4O2S/c1-12(13-4-6-14(22)7-5-13)19-16(24)8-9-18-20(19)27-21(28-31(18,29)30)26-11-17-15(23)3-2-10-25-17/h2-10,12H,11H2,1H3,(H2,26,27,28). The molecule has 0 radical (unpaired) electrons. The molecule has 0 saturated heterocycles. The van der Waals surface area contributed by atoms with E-state index in [1.807, 2.05) is 0 Å². The highest BCUT2D eigenvalue weighted by Gasteiger charge is 2.32. The molecule has 2 N–H and O–H groups in total. The summed E-state index contributed by atoms with van der Waals surface area (Å²) in [5, 5.41) is 2.81.